The van der Waals surface area contributed by atoms with Crippen molar-refractivity contribution in [3.63, 3.8) is 0 Å². The molecule has 0 spiro atoms. The van der Waals surface area contributed by atoms with Gasteiger partial charge in [-0.15, -0.1) is 0 Å². The molecule has 0 radical (unpaired) electrons. The van der Waals surface area contributed by atoms with E-state index in [1.54, 1.807) is 0 Å². The van der Waals surface area contributed by atoms with Crippen molar-refractivity contribution in [3.8, 4) is 0 Å². The zero-order chi connectivity index (χ0) is 16.1. The predicted molar refractivity (Wildman–Crippen MR) is 92.3 cm³/mol. The minimum Gasteiger partial charge on any atom is -0.337 e. The molecule has 2 bridgehead atoms. The summed E-state index contributed by atoms with van der Waals surface area (Å²) in [5.41, 5.74) is 7.51. The third kappa shape index (κ3) is 2.34. The van der Waals surface area contributed by atoms with Crippen molar-refractivity contribution in [2.75, 3.05) is 23.3 Å². The molecule has 2 saturated carbocycles. The van der Waals surface area contributed by atoms with Gasteiger partial charge in [0.25, 0.3) is 0 Å². The van der Waals surface area contributed by atoms with Crippen molar-refractivity contribution in [2.24, 2.45) is 11.1 Å². The Morgan fingerprint density at radius 1 is 1.33 bits per heavy atom. The third-order valence-corrected chi connectivity index (χ3v) is 5.83. The summed E-state index contributed by atoms with van der Waals surface area (Å²) in [6.45, 7) is 1.74. The molecule has 0 amide bonds. The summed E-state index contributed by atoms with van der Waals surface area (Å²) in [6.07, 6.45) is 7.95. The van der Waals surface area contributed by atoms with Crippen LogP contribution in [0.4, 0.5) is 17.6 Å². The molecule has 3 aliphatic rings. The van der Waals surface area contributed by atoms with Crippen molar-refractivity contribution in [3.05, 3.63) is 24.0 Å². The zero-order valence-corrected chi connectivity index (χ0v) is 13.7. The molecule has 24 heavy (non-hydrogen) atoms. The van der Waals surface area contributed by atoms with Crippen LogP contribution >= 0.6 is 0 Å². The van der Waals surface area contributed by atoms with Crippen molar-refractivity contribution < 1.29 is 0 Å². The van der Waals surface area contributed by atoms with Crippen molar-refractivity contribution in [1.82, 2.24) is 20.2 Å². The Labute approximate surface area is 141 Å². The summed E-state index contributed by atoms with van der Waals surface area (Å²) in [4.78, 5) is 11.5. The largest absolute Gasteiger partial charge is 0.337 e. The van der Waals surface area contributed by atoms with E-state index in [2.05, 4.69) is 31.5 Å². The maximum atomic E-state index is 6.02. The Balaban J connectivity index is 1.34. The standard InChI is InChI=1S/C17H23N7/c18-9-17-5-3-12(8-17)24(10-17)16-19-6-4-14(21-16)20-15-7-13(22-23-15)11-1-2-11/h4,6-7,11-12H,1-3,5,8-10,18H2,(H2,19,20,21,22,23). The Morgan fingerprint density at radius 3 is 3.04 bits per heavy atom. The molecule has 7 heteroatoms. The van der Waals surface area contributed by atoms with Crippen LogP contribution in [0.3, 0.4) is 0 Å². The molecule has 2 atom stereocenters. The van der Waals surface area contributed by atoms with Crippen molar-refractivity contribution in [2.45, 2.75) is 44.1 Å². The van der Waals surface area contributed by atoms with Crippen LogP contribution in [-0.4, -0.2) is 39.3 Å². The van der Waals surface area contributed by atoms with Crippen LogP contribution in [0, 0.1) is 5.41 Å². The molecule has 3 fully saturated rings. The van der Waals surface area contributed by atoms with Gasteiger partial charge in [-0.1, -0.05) is 0 Å². The second-order valence-corrected chi connectivity index (χ2v) is 7.58. The molecule has 126 valence electrons. The van der Waals surface area contributed by atoms with E-state index in [1.165, 1.54) is 37.8 Å². The van der Waals surface area contributed by atoms with Gasteiger partial charge in [0.1, 0.15) is 5.82 Å². The molecule has 2 aromatic rings. The molecular formula is C17H23N7. The SMILES string of the molecule is NCC12CCC(C1)N(c1nccc(Nc3cc(C4CC4)[nH]n3)n1)C2. The number of nitrogens with two attached hydrogens (primary N) is 1. The molecule has 7 nitrogen and oxygen atoms in total. The molecular weight excluding hydrogens is 302 g/mol. The number of H-pyrrole nitrogens is 1. The fourth-order valence-corrected chi connectivity index (χ4v) is 4.25. The maximum Gasteiger partial charge on any atom is 0.227 e. The number of aromatic amines is 1. The number of hydrogen-bond donors (Lipinski definition) is 3. The number of hydrogen-bond acceptors (Lipinski definition) is 6. The van der Waals surface area contributed by atoms with Gasteiger partial charge in [0.2, 0.25) is 5.95 Å². The van der Waals surface area contributed by atoms with Crippen LogP contribution in [0.1, 0.15) is 43.7 Å². The molecule has 3 heterocycles. The van der Waals surface area contributed by atoms with Crippen LogP contribution in [0.15, 0.2) is 18.3 Å². The lowest BCUT2D eigenvalue weighted by Gasteiger charge is -2.31. The smallest absolute Gasteiger partial charge is 0.227 e. The number of fused-ring (bicyclic) bond motifs is 2. The lowest BCUT2D eigenvalue weighted by molar-refractivity contribution is 0.340. The molecule has 1 aliphatic heterocycles. The molecule has 0 aromatic carbocycles. The molecule has 1 saturated heterocycles. The van der Waals surface area contributed by atoms with Gasteiger partial charge in [0.05, 0.1) is 0 Å². The minimum atomic E-state index is 0.277. The first kappa shape index (κ1) is 14.2. The summed E-state index contributed by atoms with van der Waals surface area (Å²) in [5, 5.41) is 10.7. The summed E-state index contributed by atoms with van der Waals surface area (Å²) in [6, 6.07) is 4.51. The quantitative estimate of drug-likeness (QED) is 0.779. The maximum absolute atomic E-state index is 6.02. The number of aromatic nitrogens is 4. The molecule has 2 aliphatic carbocycles. The predicted octanol–water partition coefficient (Wildman–Crippen LogP) is 2.14. The van der Waals surface area contributed by atoms with E-state index < -0.39 is 0 Å². The van der Waals surface area contributed by atoms with E-state index in [-0.39, 0.29) is 5.41 Å². The summed E-state index contributed by atoms with van der Waals surface area (Å²) >= 11 is 0. The average molecular weight is 325 g/mol. The van der Waals surface area contributed by atoms with Crippen LogP contribution in [-0.2, 0) is 0 Å². The Hall–Kier alpha value is -2.15. The van der Waals surface area contributed by atoms with Gasteiger partial charge in [-0.2, -0.15) is 10.1 Å². The van der Waals surface area contributed by atoms with E-state index >= 15 is 0 Å². The highest BCUT2D eigenvalue weighted by atomic mass is 15.3. The second-order valence-electron chi connectivity index (χ2n) is 7.58. The number of nitrogens with zero attached hydrogens (tertiary/aromatic N) is 4. The lowest BCUT2D eigenvalue weighted by Crippen LogP contribution is -2.39. The third-order valence-electron chi connectivity index (χ3n) is 5.83. The molecule has 2 unspecified atom stereocenters. The van der Waals surface area contributed by atoms with Crippen molar-refractivity contribution in [1.29, 1.82) is 0 Å². The lowest BCUT2D eigenvalue weighted by atomic mass is 9.88. The van der Waals surface area contributed by atoms with E-state index in [9.17, 15) is 0 Å². The number of anilines is 3. The Bertz CT molecular complexity index is 753. The number of nitrogens with one attached hydrogen (secondary N) is 2. The van der Waals surface area contributed by atoms with Crippen LogP contribution < -0.4 is 16.0 Å². The topological polar surface area (TPSA) is 95.8 Å². The van der Waals surface area contributed by atoms with Crippen LogP contribution in [0.25, 0.3) is 0 Å². The summed E-state index contributed by atoms with van der Waals surface area (Å²) in [7, 11) is 0. The van der Waals surface area contributed by atoms with Crippen LogP contribution in [0.2, 0.25) is 0 Å². The van der Waals surface area contributed by atoms with Crippen LogP contribution in [0.5, 0.6) is 0 Å². The first-order valence-corrected chi connectivity index (χ1v) is 8.87. The van der Waals surface area contributed by atoms with Gasteiger partial charge in [0, 0.05) is 41.9 Å². The van der Waals surface area contributed by atoms with Gasteiger partial charge >= 0.3 is 0 Å². The average Bonchev–Trinajstić information content (AvgIpc) is 3.07. The van der Waals surface area contributed by atoms with Gasteiger partial charge in [0.15, 0.2) is 5.82 Å². The number of piperidine rings is 1. The molecule has 4 N–H and O–H groups in total. The highest BCUT2D eigenvalue weighted by Gasteiger charge is 2.49. The summed E-state index contributed by atoms with van der Waals surface area (Å²) in [5.74, 6) is 3.08. The molecule has 2 aromatic heterocycles. The highest BCUT2D eigenvalue weighted by molar-refractivity contribution is 5.54. The Morgan fingerprint density at radius 2 is 2.25 bits per heavy atom. The fraction of sp³-hybridized carbons (Fsp3) is 0.588. The summed E-state index contributed by atoms with van der Waals surface area (Å²) < 4.78 is 0. The van der Waals surface area contributed by atoms with E-state index in [0.29, 0.717) is 12.0 Å². The Kier molecular flexibility index (Phi) is 3.06. The van der Waals surface area contributed by atoms with Gasteiger partial charge < -0.3 is 16.0 Å². The minimum absolute atomic E-state index is 0.277. The van der Waals surface area contributed by atoms with Gasteiger partial charge in [-0.05, 0) is 44.7 Å². The molecule has 5 rings (SSSR count). The zero-order valence-electron chi connectivity index (χ0n) is 13.7. The van der Waals surface area contributed by atoms with E-state index in [0.717, 1.165) is 30.7 Å². The monoisotopic (exact) mass is 325 g/mol. The first-order valence-electron chi connectivity index (χ1n) is 8.87. The van der Waals surface area contributed by atoms with E-state index in [1.807, 2.05) is 12.3 Å². The normalized spacial score (nSPS) is 28.5. The highest BCUT2D eigenvalue weighted by Crippen LogP contribution is 2.48. The van der Waals surface area contributed by atoms with E-state index in [4.69, 9.17) is 10.7 Å². The first-order chi connectivity index (χ1) is 11.7. The number of rotatable bonds is 5. The second kappa shape index (κ2) is 5.17. The fourth-order valence-electron chi connectivity index (χ4n) is 4.25. The van der Waals surface area contributed by atoms with Gasteiger partial charge in [-0.3, -0.25) is 5.10 Å². The van der Waals surface area contributed by atoms with Crippen molar-refractivity contribution >= 4 is 17.6 Å². The van der Waals surface area contributed by atoms with Gasteiger partial charge in [-0.25, -0.2) is 4.98 Å².